The molecule has 0 saturated carbocycles. The minimum Gasteiger partial charge on any atom is -0.497 e. The van der Waals surface area contributed by atoms with E-state index in [2.05, 4.69) is 20.5 Å². The molecule has 0 spiro atoms. The molecule has 1 amide bonds. The largest absolute Gasteiger partial charge is 0.497 e. The molecular weight excluding hydrogens is 316 g/mol. The molecule has 2 aromatic rings. The van der Waals surface area contributed by atoms with Crippen molar-refractivity contribution in [1.29, 1.82) is 0 Å². The smallest absolute Gasteiger partial charge is 0.233 e. The van der Waals surface area contributed by atoms with Crippen LogP contribution in [0.25, 0.3) is 11.4 Å². The fraction of sp³-hybridized carbons (Fsp3) is 0.400. The van der Waals surface area contributed by atoms with E-state index in [0.717, 1.165) is 11.3 Å². The average molecular weight is 336 g/mol. The Bertz CT molecular complexity index is 630. The van der Waals surface area contributed by atoms with E-state index in [4.69, 9.17) is 9.47 Å². The second-order valence-corrected chi connectivity index (χ2v) is 6.05. The number of hydrogen-bond acceptors (Lipinski definition) is 6. The highest BCUT2D eigenvalue weighted by Gasteiger charge is 2.17. The lowest BCUT2D eigenvalue weighted by Crippen LogP contribution is -2.33. The number of hydrogen-bond donors (Lipinski definition) is 2. The Labute approximate surface area is 139 Å². The van der Waals surface area contributed by atoms with Gasteiger partial charge in [-0.25, -0.2) is 4.98 Å². The van der Waals surface area contributed by atoms with E-state index in [1.165, 1.54) is 11.8 Å². The summed E-state index contributed by atoms with van der Waals surface area (Å²) in [5.74, 6) is 1.37. The highest BCUT2D eigenvalue weighted by Crippen LogP contribution is 2.24. The van der Waals surface area contributed by atoms with Crippen LogP contribution in [0.4, 0.5) is 0 Å². The van der Waals surface area contributed by atoms with Crippen molar-refractivity contribution in [2.75, 3.05) is 27.4 Å². The molecule has 0 aliphatic rings. The molecule has 124 valence electrons. The fourth-order valence-electron chi connectivity index (χ4n) is 1.81. The summed E-state index contributed by atoms with van der Waals surface area (Å²) in [5, 5.41) is 10.1. The number of ether oxygens (including phenoxy) is 2. The van der Waals surface area contributed by atoms with Gasteiger partial charge in [0, 0.05) is 19.2 Å². The van der Waals surface area contributed by atoms with E-state index in [9.17, 15) is 4.79 Å². The van der Waals surface area contributed by atoms with Crippen LogP contribution in [0.5, 0.6) is 5.75 Å². The number of aromatic amines is 1. The van der Waals surface area contributed by atoms with Gasteiger partial charge in [0.2, 0.25) is 11.1 Å². The Hall–Kier alpha value is -2.06. The molecule has 0 radical (unpaired) electrons. The molecule has 1 aromatic carbocycles. The molecule has 0 bridgehead atoms. The Morgan fingerprint density at radius 3 is 2.74 bits per heavy atom. The standard InChI is InChI=1S/C15H20N4O3S/c1-10(14(20)16-8-9-21-2)23-15-17-13(18-19-15)11-4-6-12(22-3)7-5-11/h4-7,10H,8-9H2,1-3H3,(H,16,20)(H,17,18,19)/t10-/m1/s1. The van der Waals surface area contributed by atoms with E-state index in [1.54, 1.807) is 14.2 Å². The number of thioether (sulfide) groups is 1. The highest BCUT2D eigenvalue weighted by molar-refractivity contribution is 8.00. The molecule has 23 heavy (non-hydrogen) atoms. The van der Waals surface area contributed by atoms with E-state index in [0.29, 0.717) is 24.1 Å². The first-order valence-corrected chi connectivity index (χ1v) is 8.02. The normalized spacial score (nSPS) is 12.0. The predicted octanol–water partition coefficient (Wildman–Crippen LogP) is 1.72. The van der Waals surface area contributed by atoms with Crippen LogP contribution in [0.15, 0.2) is 29.4 Å². The van der Waals surface area contributed by atoms with Gasteiger partial charge >= 0.3 is 0 Å². The minimum atomic E-state index is -0.286. The summed E-state index contributed by atoms with van der Waals surface area (Å²) in [6.07, 6.45) is 0. The second-order valence-electron chi connectivity index (χ2n) is 4.74. The van der Waals surface area contributed by atoms with Crippen LogP contribution < -0.4 is 10.1 Å². The molecule has 7 nitrogen and oxygen atoms in total. The molecule has 1 heterocycles. The molecule has 8 heteroatoms. The van der Waals surface area contributed by atoms with Gasteiger partial charge < -0.3 is 14.8 Å². The molecule has 0 unspecified atom stereocenters. The van der Waals surface area contributed by atoms with Gasteiger partial charge in [-0.15, -0.1) is 5.10 Å². The van der Waals surface area contributed by atoms with Crippen LogP contribution >= 0.6 is 11.8 Å². The first kappa shape index (κ1) is 17.3. The fourth-order valence-corrected chi connectivity index (χ4v) is 2.56. The molecule has 1 aromatic heterocycles. The summed E-state index contributed by atoms with van der Waals surface area (Å²) in [6, 6.07) is 7.51. The van der Waals surface area contributed by atoms with Gasteiger partial charge in [0.15, 0.2) is 5.82 Å². The molecular formula is C15H20N4O3S. The first-order valence-electron chi connectivity index (χ1n) is 7.14. The summed E-state index contributed by atoms with van der Waals surface area (Å²) >= 11 is 1.30. The SMILES string of the molecule is COCCNC(=O)[C@@H](C)Sc1n[nH]c(-c2ccc(OC)cc2)n1. The van der Waals surface area contributed by atoms with Crippen molar-refractivity contribution >= 4 is 17.7 Å². The molecule has 0 aliphatic heterocycles. The maximum absolute atomic E-state index is 11.9. The third-order valence-corrected chi connectivity index (χ3v) is 4.05. The highest BCUT2D eigenvalue weighted by atomic mass is 32.2. The topological polar surface area (TPSA) is 89.1 Å². The van der Waals surface area contributed by atoms with Gasteiger partial charge in [0.05, 0.1) is 19.0 Å². The molecule has 2 N–H and O–H groups in total. The Morgan fingerprint density at radius 1 is 1.35 bits per heavy atom. The van der Waals surface area contributed by atoms with Crippen LogP contribution in [0.1, 0.15) is 6.92 Å². The summed E-state index contributed by atoms with van der Waals surface area (Å²) in [4.78, 5) is 16.3. The zero-order valence-electron chi connectivity index (χ0n) is 13.3. The van der Waals surface area contributed by atoms with Crippen molar-refractivity contribution < 1.29 is 14.3 Å². The number of nitrogens with one attached hydrogen (secondary N) is 2. The van der Waals surface area contributed by atoms with Crippen LogP contribution in [-0.2, 0) is 9.53 Å². The third-order valence-electron chi connectivity index (χ3n) is 3.09. The zero-order valence-corrected chi connectivity index (χ0v) is 14.1. The first-order chi connectivity index (χ1) is 11.1. The maximum atomic E-state index is 11.9. The minimum absolute atomic E-state index is 0.0668. The number of rotatable bonds is 8. The number of methoxy groups -OCH3 is 2. The van der Waals surface area contributed by atoms with E-state index in [1.807, 2.05) is 31.2 Å². The summed E-state index contributed by atoms with van der Waals surface area (Å²) in [5.41, 5.74) is 0.905. The summed E-state index contributed by atoms with van der Waals surface area (Å²) in [7, 11) is 3.22. The van der Waals surface area contributed by atoms with Crippen LogP contribution in [0, 0.1) is 0 Å². The van der Waals surface area contributed by atoms with Crippen LogP contribution in [0.2, 0.25) is 0 Å². The molecule has 0 fully saturated rings. The number of H-pyrrole nitrogens is 1. The van der Waals surface area contributed by atoms with Crippen molar-refractivity contribution in [1.82, 2.24) is 20.5 Å². The number of benzene rings is 1. The summed E-state index contributed by atoms with van der Waals surface area (Å²) < 4.78 is 10.0. The third kappa shape index (κ3) is 4.97. The molecule has 1 atom stereocenters. The number of nitrogens with zero attached hydrogens (tertiary/aromatic N) is 2. The van der Waals surface area contributed by atoms with Crippen molar-refractivity contribution in [2.24, 2.45) is 0 Å². The van der Waals surface area contributed by atoms with Crippen LogP contribution in [-0.4, -0.2) is 53.7 Å². The maximum Gasteiger partial charge on any atom is 0.233 e. The number of carbonyl (C=O) groups excluding carboxylic acids is 1. The predicted molar refractivity (Wildman–Crippen MR) is 88.6 cm³/mol. The van der Waals surface area contributed by atoms with Crippen molar-refractivity contribution in [3.63, 3.8) is 0 Å². The lowest BCUT2D eigenvalue weighted by atomic mass is 10.2. The van der Waals surface area contributed by atoms with Crippen molar-refractivity contribution in [3.8, 4) is 17.1 Å². The second kappa shape index (κ2) is 8.54. The van der Waals surface area contributed by atoms with Gasteiger partial charge in [-0.05, 0) is 31.2 Å². The molecule has 0 saturated heterocycles. The van der Waals surface area contributed by atoms with Gasteiger partial charge in [-0.2, -0.15) is 0 Å². The van der Waals surface area contributed by atoms with Gasteiger partial charge in [0.1, 0.15) is 5.75 Å². The number of amides is 1. The van der Waals surface area contributed by atoms with Gasteiger partial charge in [0.25, 0.3) is 0 Å². The lowest BCUT2D eigenvalue weighted by Gasteiger charge is -2.09. The molecule has 2 rings (SSSR count). The Morgan fingerprint density at radius 2 is 2.09 bits per heavy atom. The Kier molecular flexibility index (Phi) is 6.42. The quantitative estimate of drug-likeness (QED) is 0.564. The van der Waals surface area contributed by atoms with Crippen molar-refractivity contribution in [3.05, 3.63) is 24.3 Å². The zero-order chi connectivity index (χ0) is 16.7. The van der Waals surface area contributed by atoms with Crippen LogP contribution in [0.3, 0.4) is 0 Å². The van der Waals surface area contributed by atoms with E-state index >= 15 is 0 Å². The van der Waals surface area contributed by atoms with Gasteiger partial charge in [-0.1, -0.05) is 11.8 Å². The summed E-state index contributed by atoms with van der Waals surface area (Å²) in [6.45, 7) is 2.80. The van der Waals surface area contributed by atoms with Gasteiger partial charge in [-0.3, -0.25) is 9.89 Å². The van der Waals surface area contributed by atoms with Crippen molar-refractivity contribution in [2.45, 2.75) is 17.3 Å². The number of carbonyl (C=O) groups is 1. The van der Waals surface area contributed by atoms with E-state index in [-0.39, 0.29) is 11.2 Å². The number of aromatic nitrogens is 3. The monoisotopic (exact) mass is 336 g/mol. The Balaban J connectivity index is 1.94. The lowest BCUT2D eigenvalue weighted by molar-refractivity contribution is -0.120. The van der Waals surface area contributed by atoms with E-state index < -0.39 is 0 Å². The molecule has 0 aliphatic carbocycles. The average Bonchev–Trinajstić information content (AvgIpc) is 3.03.